The molecule has 7 heteroatoms. The second kappa shape index (κ2) is 5.35. The van der Waals surface area contributed by atoms with Gasteiger partial charge >= 0.3 is 5.97 Å². The molecule has 0 unspecified atom stereocenters. The number of benzene rings is 1. The summed E-state index contributed by atoms with van der Waals surface area (Å²) in [5, 5.41) is 8.91. The lowest BCUT2D eigenvalue weighted by Gasteiger charge is -2.38. The van der Waals surface area contributed by atoms with Gasteiger partial charge in [-0.2, -0.15) is 4.99 Å². The average molecular weight is 483 g/mol. The molecule has 1 aliphatic heterocycles. The molecule has 2 rings (SSSR count). The smallest absolute Gasteiger partial charge is 0.335 e. The van der Waals surface area contributed by atoms with Crippen molar-refractivity contribution in [3.8, 4) is 0 Å². The highest BCUT2D eigenvalue weighted by Crippen LogP contribution is 2.31. The fourth-order valence-corrected chi connectivity index (χ4v) is 4.21. The van der Waals surface area contributed by atoms with Gasteiger partial charge < -0.3 is 5.11 Å². The fraction of sp³-hybridized carbons (Fsp3) is 0.250. The predicted molar refractivity (Wildman–Crippen MR) is 92.9 cm³/mol. The zero-order valence-corrected chi connectivity index (χ0v) is 14.6. The van der Waals surface area contributed by atoms with E-state index in [-0.39, 0.29) is 5.56 Å². The summed E-state index contributed by atoms with van der Waals surface area (Å²) in [6.45, 7) is 3.98. The molecular weight excluding hydrogens is 472 g/mol. The second-order valence-electron chi connectivity index (χ2n) is 4.44. The van der Waals surface area contributed by atoms with Crippen LogP contribution in [0.25, 0.3) is 0 Å². The van der Waals surface area contributed by atoms with Gasteiger partial charge in [0.15, 0.2) is 7.68 Å². The Morgan fingerprint density at radius 1 is 1.26 bits per heavy atom. The maximum absolute atomic E-state index is 10.9. The summed E-state index contributed by atoms with van der Waals surface area (Å²) in [6.07, 6.45) is 0. The summed E-state index contributed by atoms with van der Waals surface area (Å²) in [5.74, 6) is -0.930. The molecule has 1 N–H and O–H groups in total. The van der Waals surface area contributed by atoms with Crippen molar-refractivity contribution in [2.75, 3.05) is 4.90 Å². The Kier molecular flexibility index (Phi) is 4.14. The van der Waals surface area contributed by atoms with E-state index < -0.39 is 11.6 Å². The highest BCUT2D eigenvalue weighted by molar-refractivity contribution is 14.1. The molecule has 0 bridgehead atoms. The highest BCUT2D eigenvalue weighted by atomic mass is 127. The van der Waals surface area contributed by atoms with Gasteiger partial charge in [0.1, 0.15) is 5.66 Å². The van der Waals surface area contributed by atoms with E-state index in [0.29, 0.717) is 3.84 Å². The molecule has 5 nitrogen and oxygen atoms in total. The molecule has 0 saturated heterocycles. The minimum absolute atomic E-state index is 0.267. The van der Waals surface area contributed by atoms with E-state index in [1.54, 1.807) is 24.3 Å². The first-order valence-corrected chi connectivity index (χ1v) is 7.60. The van der Waals surface area contributed by atoms with Crippen molar-refractivity contribution in [2.45, 2.75) is 19.5 Å². The van der Waals surface area contributed by atoms with Gasteiger partial charge in [0.25, 0.3) is 0 Å². The molecule has 0 fully saturated rings. The second-order valence-corrected chi connectivity index (χ2v) is 6.37. The van der Waals surface area contributed by atoms with Crippen molar-refractivity contribution < 1.29 is 9.90 Å². The van der Waals surface area contributed by atoms with Crippen molar-refractivity contribution in [1.29, 1.82) is 0 Å². The molecule has 1 aromatic rings. The van der Waals surface area contributed by atoms with Gasteiger partial charge in [-0.05, 0) is 38.1 Å². The van der Waals surface area contributed by atoms with Gasteiger partial charge in [-0.15, -0.1) is 0 Å². The lowest BCUT2D eigenvalue weighted by atomic mass is 10.1. The van der Waals surface area contributed by atoms with Gasteiger partial charge in [-0.3, -0.25) is 4.90 Å². The first-order valence-electron chi connectivity index (χ1n) is 5.44. The van der Waals surface area contributed by atoms with E-state index >= 15 is 0 Å². The molecule has 0 aliphatic carbocycles. The Bertz CT molecular complexity index is 579. The minimum Gasteiger partial charge on any atom is -0.478 e. The summed E-state index contributed by atoms with van der Waals surface area (Å²) < 4.78 is 1.52. The van der Waals surface area contributed by atoms with E-state index in [9.17, 15) is 4.79 Å². The van der Waals surface area contributed by atoms with Crippen LogP contribution in [0.4, 0.5) is 5.69 Å². The first kappa shape index (κ1) is 14.7. The monoisotopic (exact) mass is 483 g/mol. The molecule has 1 heterocycles. The largest absolute Gasteiger partial charge is 0.478 e. The predicted octanol–water partition coefficient (Wildman–Crippen LogP) is 3.52. The van der Waals surface area contributed by atoms with Crippen LogP contribution in [0.5, 0.6) is 0 Å². The topological polar surface area (TPSA) is 65.3 Å². The molecular formula is C12H11I2N3O2. The van der Waals surface area contributed by atoms with Crippen molar-refractivity contribution in [2.24, 2.45) is 9.98 Å². The Morgan fingerprint density at radius 2 is 1.84 bits per heavy atom. The Hall–Kier alpha value is -0.710. The van der Waals surface area contributed by atoms with Crippen LogP contribution in [0.2, 0.25) is 0 Å². The maximum Gasteiger partial charge on any atom is 0.335 e. The number of anilines is 1. The Morgan fingerprint density at radius 3 is 2.32 bits per heavy atom. The lowest BCUT2D eigenvalue weighted by molar-refractivity contribution is 0.0697. The minimum atomic E-state index is -0.930. The molecule has 0 saturated carbocycles. The molecule has 0 radical (unpaired) electrons. The summed E-state index contributed by atoms with van der Waals surface area (Å²) in [5.41, 5.74) is 0.693. The van der Waals surface area contributed by atoms with Crippen molar-refractivity contribution in [3.63, 3.8) is 0 Å². The number of nitrogens with zero attached hydrogens (tertiary/aromatic N) is 3. The van der Waals surface area contributed by atoms with Crippen LogP contribution < -0.4 is 4.90 Å². The number of hydrogen-bond donors (Lipinski definition) is 1. The zero-order chi connectivity index (χ0) is 14.2. The van der Waals surface area contributed by atoms with Crippen LogP contribution in [-0.2, 0) is 0 Å². The summed E-state index contributed by atoms with van der Waals surface area (Å²) in [4.78, 5) is 21.7. The standard InChI is InChI=1S/C12H11I2N3O2/c1-12(2)16-10(13)15-11(14)17(12)8-5-3-7(4-6-8)9(18)19/h3-6H,1-2H3,(H,18,19). The summed E-state index contributed by atoms with van der Waals surface area (Å²) >= 11 is 4.25. The van der Waals surface area contributed by atoms with Crippen LogP contribution in [-0.4, -0.2) is 24.4 Å². The lowest BCUT2D eigenvalue weighted by Crippen LogP contribution is -2.47. The quantitative estimate of drug-likeness (QED) is 0.518. The number of halogens is 2. The normalized spacial score (nSPS) is 17.8. The molecule has 0 atom stereocenters. The molecule has 0 aromatic heterocycles. The van der Waals surface area contributed by atoms with Crippen molar-refractivity contribution >= 4 is 64.5 Å². The van der Waals surface area contributed by atoms with E-state index in [0.717, 1.165) is 9.53 Å². The van der Waals surface area contributed by atoms with Gasteiger partial charge in [-0.25, -0.2) is 9.79 Å². The first-order chi connectivity index (χ1) is 8.81. The number of carboxylic acids is 1. The summed E-state index contributed by atoms with van der Waals surface area (Å²) in [7, 11) is 0. The van der Waals surface area contributed by atoms with Gasteiger partial charge in [0.05, 0.1) is 5.56 Å². The van der Waals surface area contributed by atoms with Crippen LogP contribution in [0, 0.1) is 0 Å². The van der Waals surface area contributed by atoms with Gasteiger partial charge in [0.2, 0.25) is 0 Å². The number of aromatic carboxylic acids is 1. The molecule has 19 heavy (non-hydrogen) atoms. The molecule has 1 aromatic carbocycles. The van der Waals surface area contributed by atoms with E-state index in [2.05, 4.69) is 55.2 Å². The molecule has 0 amide bonds. The van der Waals surface area contributed by atoms with E-state index in [1.807, 2.05) is 18.7 Å². The molecule has 0 spiro atoms. The number of aliphatic imine (C=N–C) groups is 2. The Balaban J connectivity index is 2.41. The Labute approximate surface area is 138 Å². The molecule has 1 aliphatic rings. The van der Waals surface area contributed by atoms with Crippen molar-refractivity contribution in [1.82, 2.24) is 0 Å². The van der Waals surface area contributed by atoms with Gasteiger partial charge in [-0.1, -0.05) is 0 Å². The third-order valence-electron chi connectivity index (χ3n) is 2.65. The summed E-state index contributed by atoms with van der Waals surface area (Å²) in [6, 6.07) is 6.71. The molecule has 100 valence electrons. The van der Waals surface area contributed by atoms with Crippen LogP contribution in [0.15, 0.2) is 34.3 Å². The third kappa shape index (κ3) is 3.07. The third-order valence-corrected chi connectivity index (χ3v) is 3.86. The number of hydrogen-bond acceptors (Lipinski definition) is 4. The van der Waals surface area contributed by atoms with Crippen molar-refractivity contribution in [3.05, 3.63) is 29.8 Å². The average Bonchev–Trinajstić information content (AvgIpc) is 2.26. The maximum atomic E-state index is 10.9. The SMILES string of the molecule is CC1(C)N=C(I)N=C(I)N1c1ccc(C(=O)O)cc1. The highest BCUT2D eigenvalue weighted by Gasteiger charge is 2.32. The van der Waals surface area contributed by atoms with Gasteiger partial charge in [0, 0.05) is 50.9 Å². The number of carboxylic acid groups (broad SMARTS) is 1. The fourth-order valence-electron chi connectivity index (χ4n) is 1.83. The van der Waals surface area contributed by atoms with Crippen LogP contribution in [0.1, 0.15) is 24.2 Å². The zero-order valence-electron chi connectivity index (χ0n) is 10.3. The van der Waals surface area contributed by atoms with Crippen LogP contribution >= 0.6 is 45.2 Å². The number of rotatable bonds is 2. The van der Waals surface area contributed by atoms with E-state index in [4.69, 9.17) is 5.11 Å². The van der Waals surface area contributed by atoms with Crippen LogP contribution in [0.3, 0.4) is 0 Å². The van der Waals surface area contributed by atoms with E-state index in [1.165, 1.54) is 0 Å². The number of amidine groups is 2. The number of carbonyl (C=O) groups is 1.